The van der Waals surface area contributed by atoms with E-state index in [-0.39, 0.29) is 11.9 Å². The van der Waals surface area contributed by atoms with Crippen molar-refractivity contribution in [3.63, 3.8) is 0 Å². The fourth-order valence-corrected chi connectivity index (χ4v) is 3.41. The van der Waals surface area contributed by atoms with Gasteiger partial charge < -0.3 is 5.32 Å². The van der Waals surface area contributed by atoms with E-state index in [1.54, 1.807) is 11.3 Å². The second-order valence-electron chi connectivity index (χ2n) is 4.11. The van der Waals surface area contributed by atoms with Gasteiger partial charge in [0.1, 0.15) is 5.82 Å². The minimum atomic E-state index is -0.183. The topological polar surface area (TPSA) is 12.0 Å². The molecule has 2 rings (SSSR count). The molecule has 1 nitrogen and oxygen atoms in total. The zero-order valence-electron chi connectivity index (χ0n) is 10.1. The predicted octanol–water partition coefficient (Wildman–Crippen LogP) is 4.54. The molecule has 0 fully saturated rings. The Kier molecular flexibility index (Phi) is 4.92. The third-order valence-electron chi connectivity index (χ3n) is 2.73. The van der Waals surface area contributed by atoms with E-state index >= 15 is 0 Å². The highest BCUT2D eigenvalue weighted by Crippen LogP contribution is 2.27. The number of hydrogen-bond donors (Lipinski definition) is 1. The smallest absolute Gasteiger partial charge is 0.123 e. The highest BCUT2D eigenvalue weighted by Gasteiger charge is 2.13. The van der Waals surface area contributed by atoms with Crippen LogP contribution in [0.15, 0.2) is 40.2 Å². The van der Waals surface area contributed by atoms with Crippen LogP contribution in [0.1, 0.15) is 23.4 Å². The van der Waals surface area contributed by atoms with Gasteiger partial charge in [-0.05, 0) is 52.7 Å². The molecule has 0 saturated heterocycles. The van der Waals surface area contributed by atoms with Crippen molar-refractivity contribution in [1.82, 2.24) is 5.32 Å². The SMILES string of the molecule is CCNC(Cc1ccc(F)cc1)c1cc(Br)cs1. The Hall–Kier alpha value is -0.710. The second kappa shape index (κ2) is 6.45. The maximum Gasteiger partial charge on any atom is 0.123 e. The first kappa shape index (κ1) is 13.7. The van der Waals surface area contributed by atoms with Crippen molar-refractivity contribution < 1.29 is 4.39 Å². The number of rotatable bonds is 5. The molecule has 1 atom stereocenters. The van der Waals surface area contributed by atoms with E-state index in [4.69, 9.17) is 0 Å². The van der Waals surface area contributed by atoms with Crippen LogP contribution in [-0.4, -0.2) is 6.54 Å². The Bertz CT molecular complexity index is 495. The molecule has 0 aliphatic rings. The van der Waals surface area contributed by atoms with E-state index in [1.165, 1.54) is 17.0 Å². The van der Waals surface area contributed by atoms with Crippen molar-refractivity contribution in [2.75, 3.05) is 6.54 Å². The molecule has 0 amide bonds. The molecule has 0 aliphatic heterocycles. The lowest BCUT2D eigenvalue weighted by Crippen LogP contribution is -2.22. The lowest BCUT2D eigenvalue weighted by molar-refractivity contribution is 0.557. The summed E-state index contributed by atoms with van der Waals surface area (Å²) < 4.78 is 14.0. The van der Waals surface area contributed by atoms with E-state index in [2.05, 4.69) is 39.6 Å². The van der Waals surface area contributed by atoms with Crippen molar-refractivity contribution in [2.24, 2.45) is 0 Å². The molecule has 0 saturated carbocycles. The fourth-order valence-electron chi connectivity index (χ4n) is 1.89. The van der Waals surface area contributed by atoms with Crippen molar-refractivity contribution in [3.05, 3.63) is 56.4 Å². The number of hydrogen-bond acceptors (Lipinski definition) is 2. The Morgan fingerprint density at radius 3 is 2.61 bits per heavy atom. The number of likely N-dealkylation sites (N-methyl/N-ethyl adjacent to an activating group) is 1. The van der Waals surface area contributed by atoms with Crippen molar-refractivity contribution in [1.29, 1.82) is 0 Å². The molecule has 0 aliphatic carbocycles. The van der Waals surface area contributed by atoms with Gasteiger partial charge in [0.25, 0.3) is 0 Å². The summed E-state index contributed by atoms with van der Waals surface area (Å²) in [6, 6.07) is 9.16. The molecule has 0 radical (unpaired) electrons. The number of halogens is 2. The molecule has 1 unspecified atom stereocenters. The lowest BCUT2D eigenvalue weighted by atomic mass is 10.0. The zero-order chi connectivity index (χ0) is 13.0. The van der Waals surface area contributed by atoms with Crippen molar-refractivity contribution >= 4 is 27.3 Å². The standard InChI is InChI=1S/C14H15BrFNS/c1-2-17-13(14-8-11(15)9-18-14)7-10-3-5-12(16)6-4-10/h3-6,8-9,13,17H,2,7H2,1H3. The van der Waals surface area contributed by atoms with Crippen LogP contribution >= 0.6 is 27.3 Å². The largest absolute Gasteiger partial charge is 0.309 e. The van der Waals surface area contributed by atoms with Crippen LogP contribution in [0.5, 0.6) is 0 Å². The van der Waals surface area contributed by atoms with Gasteiger partial charge in [0.15, 0.2) is 0 Å². The first-order chi connectivity index (χ1) is 8.69. The Balaban J connectivity index is 2.13. The molecule has 1 N–H and O–H groups in total. The molecule has 96 valence electrons. The summed E-state index contributed by atoms with van der Waals surface area (Å²) in [5.74, 6) is -0.183. The quantitative estimate of drug-likeness (QED) is 0.849. The third kappa shape index (κ3) is 3.64. The molecule has 1 aromatic heterocycles. The van der Waals surface area contributed by atoms with Crippen LogP contribution in [0, 0.1) is 5.82 Å². The number of thiophene rings is 1. The molecule has 4 heteroatoms. The van der Waals surface area contributed by atoms with Crippen LogP contribution in [0.3, 0.4) is 0 Å². The highest BCUT2D eigenvalue weighted by atomic mass is 79.9. The molecule has 1 aromatic carbocycles. The van der Waals surface area contributed by atoms with E-state index < -0.39 is 0 Å². The van der Waals surface area contributed by atoms with Gasteiger partial charge in [-0.2, -0.15) is 0 Å². The number of nitrogens with one attached hydrogen (secondary N) is 1. The first-order valence-corrected chi connectivity index (χ1v) is 7.58. The maximum atomic E-state index is 12.9. The first-order valence-electron chi connectivity index (χ1n) is 5.90. The summed E-state index contributed by atoms with van der Waals surface area (Å²) in [7, 11) is 0. The van der Waals surface area contributed by atoms with Gasteiger partial charge in [0, 0.05) is 20.8 Å². The fraction of sp³-hybridized carbons (Fsp3) is 0.286. The molecule has 0 spiro atoms. The monoisotopic (exact) mass is 327 g/mol. The van der Waals surface area contributed by atoms with Gasteiger partial charge in [0.05, 0.1) is 0 Å². The summed E-state index contributed by atoms with van der Waals surface area (Å²) in [6.07, 6.45) is 0.876. The molecule has 2 aromatic rings. The summed E-state index contributed by atoms with van der Waals surface area (Å²) in [6.45, 7) is 3.02. The number of benzene rings is 1. The average Bonchev–Trinajstić information content (AvgIpc) is 2.78. The van der Waals surface area contributed by atoms with E-state index in [0.29, 0.717) is 0 Å². The van der Waals surface area contributed by atoms with E-state index in [1.807, 2.05) is 12.1 Å². The Morgan fingerprint density at radius 1 is 1.33 bits per heavy atom. The van der Waals surface area contributed by atoms with E-state index in [9.17, 15) is 4.39 Å². The lowest BCUT2D eigenvalue weighted by Gasteiger charge is -2.16. The molecular weight excluding hydrogens is 313 g/mol. The normalized spacial score (nSPS) is 12.6. The Labute approximate surface area is 119 Å². The molecule has 0 bridgehead atoms. The molecular formula is C14H15BrFNS. The van der Waals surface area contributed by atoms with Gasteiger partial charge in [-0.15, -0.1) is 11.3 Å². The van der Waals surface area contributed by atoms with Crippen LogP contribution in [0.4, 0.5) is 4.39 Å². The van der Waals surface area contributed by atoms with Crippen molar-refractivity contribution in [3.8, 4) is 0 Å². The second-order valence-corrected chi connectivity index (χ2v) is 5.97. The third-order valence-corrected chi connectivity index (χ3v) is 4.54. The van der Waals surface area contributed by atoms with Gasteiger partial charge in [0.2, 0.25) is 0 Å². The van der Waals surface area contributed by atoms with Gasteiger partial charge in [-0.3, -0.25) is 0 Å². The summed E-state index contributed by atoms with van der Waals surface area (Å²) >= 11 is 5.22. The van der Waals surface area contributed by atoms with Crippen LogP contribution in [0.2, 0.25) is 0 Å². The van der Waals surface area contributed by atoms with Crippen LogP contribution in [-0.2, 0) is 6.42 Å². The van der Waals surface area contributed by atoms with Crippen LogP contribution in [0.25, 0.3) is 0 Å². The minimum absolute atomic E-state index is 0.183. The Morgan fingerprint density at radius 2 is 2.06 bits per heavy atom. The maximum absolute atomic E-state index is 12.9. The zero-order valence-corrected chi connectivity index (χ0v) is 12.5. The van der Waals surface area contributed by atoms with Crippen LogP contribution < -0.4 is 5.32 Å². The van der Waals surface area contributed by atoms with E-state index in [0.717, 1.165) is 23.0 Å². The van der Waals surface area contributed by atoms with Gasteiger partial charge >= 0.3 is 0 Å². The van der Waals surface area contributed by atoms with Gasteiger partial charge in [-0.25, -0.2) is 4.39 Å². The van der Waals surface area contributed by atoms with Gasteiger partial charge in [-0.1, -0.05) is 19.1 Å². The average molecular weight is 328 g/mol. The minimum Gasteiger partial charge on any atom is -0.309 e. The van der Waals surface area contributed by atoms with Crippen molar-refractivity contribution in [2.45, 2.75) is 19.4 Å². The molecule has 1 heterocycles. The predicted molar refractivity (Wildman–Crippen MR) is 78.5 cm³/mol. The molecule has 18 heavy (non-hydrogen) atoms. The highest BCUT2D eigenvalue weighted by molar-refractivity contribution is 9.10. The summed E-state index contributed by atoms with van der Waals surface area (Å²) in [4.78, 5) is 1.30. The summed E-state index contributed by atoms with van der Waals surface area (Å²) in [5, 5.41) is 5.56. The summed E-state index contributed by atoms with van der Waals surface area (Å²) in [5.41, 5.74) is 1.15.